The van der Waals surface area contributed by atoms with Crippen LogP contribution in [0.5, 0.6) is 0 Å². The molecule has 2 aromatic carbocycles. The van der Waals surface area contributed by atoms with Gasteiger partial charge < -0.3 is 16.0 Å². The zero-order valence-electron chi connectivity index (χ0n) is 15.0. The fourth-order valence-corrected chi connectivity index (χ4v) is 3.32. The lowest BCUT2D eigenvalue weighted by Gasteiger charge is -2.10. The normalized spacial score (nSPS) is 10.7. The van der Waals surface area contributed by atoms with Gasteiger partial charge in [-0.05, 0) is 59.5 Å². The molecule has 4 N–H and O–H groups in total. The molecular formula is C22H19N5. The molecule has 27 heavy (non-hydrogen) atoms. The molecule has 4 rings (SSSR count). The summed E-state index contributed by atoms with van der Waals surface area (Å²) in [4.78, 5) is 7.66. The van der Waals surface area contributed by atoms with E-state index in [2.05, 4.69) is 27.4 Å². The fourth-order valence-electron chi connectivity index (χ4n) is 3.32. The quantitative estimate of drug-likeness (QED) is 0.468. The average Bonchev–Trinajstić information content (AvgIpc) is 3.11. The minimum atomic E-state index is 0.645. The number of nitrogens with zero attached hydrogens (tertiary/aromatic N) is 2. The Balaban J connectivity index is 1.58. The van der Waals surface area contributed by atoms with Gasteiger partial charge >= 0.3 is 0 Å². The SMILES string of the molecule is Cc1cc(C#N)ccc1-c1ccnc(NCc2c[nH]c3c(N)cccc23)c1. The van der Waals surface area contributed by atoms with Gasteiger partial charge in [0.2, 0.25) is 0 Å². The maximum absolute atomic E-state index is 9.04. The summed E-state index contributed by atoms with van der Waals surface area (Å²) >= 11 is 0. The van der Waals surface area contributed by atoms with Gasteiger partial charge in [0.25, 0.3) is 0 Å². The molecule has 2 heterocycles. The number of benzene rings is 2. The van der Waals surface area contributed by atoms with E-state index in [0.29, 0.717) is 12.1 Å². The highest BCUT2D eigenvalue weighted by atomic mass is 15.0. The predicted molar refractivity (Wildman–Crippen MR) is 109 cm³/mol. The topological polar surface area (TPSA) is 90.5 Å². The van der Waals surface area contributed by atoms with Gasteiger partial charge in [-0.3, -0.25) is 0 Å². The number of nitrogens with one attached hydrogen (secondary N) is 2. The van der Waals surface area contributed by atoms with Gasteiger partial charge in [0.05, 0.1) is 22.8 Å². The van der Waals surface area contributed by atoms with E-state index in [1.165, 1.54) is 0 Å². The molecule has 132 valence electrons. The Labute approximate surface area is 157 Å². The zero-order chi connectivity index (χ0) is 18.8. The summed E-state index contributed by atoms with van der Waals surface area (Å²) in [5.41, 5.74) is 12.8. The van der Waals surface area contributed by atoms with E-state index >= 15 is 0 Å². The van der Waals surface area contributed by atoms with Crippen molar-refractivity contribution in [3.8, 4) is 17.2 Å². The monoisotopic (exact) mass is 353 g/mol. The molecule has 0 atom stereocenters. The summed E-state index contributed by atoms with van der Waals surface area (Å²) in [6.45, 7) is 2.66. The lowest BCUT2D eigenvalue weighted by Crippen LogP contribution is -2.01. The number of fused-ring (bicyclic) bond motifs is 1. The van der Waals surface area contributed by atoms with Crippen LogP contribution in [0.25, 0.3) is 22.0 Å². The molecule has 5 nitrogen and oxygen atoms in total. The number of aromatic nitrogens is 2. The van der Waals surface area contributed by atoms with Crippen molar-refractivity contribution in [1.29, 1.82) is 5.26 Å². The first-order valence-corrected chi connectivity index (χ1v) is 8.71. The van der Waals surface area contributed by atoms with Crippen LogP contribution in [0.3, 0.4) is 0 Å². The molecule has 0 unspecified atom stereocenters. The number of rotatable bonds is 4. The first kappa shape index (κ1) is 16.7. The zero-order valence-corrected chi connectivity index (χ0v) is 15.0. The standard InChI is InChI=1S/C22H19N5/c1-14-9-15(11-23)5-6-18(14)16-7-8-25-21(10-16)26-12-17-13-27-22-19(17)3-2-4-20(22)24/h2-10,13,27H,12,24H2,1H3,(H,25,26). The molecule has 5 heteroatoms. The molecule has 0 aliphatic heterocycles. The van der Waals surface area contributed by atoms with Crippen LogP contribution in [0, 0.1) is 18.3 Å². The van der Waals surface area contributed by atoms with E-state index in [1.54, 1.807) is 6.20 Å². The van der Waals surface area contributed by atoms with Gasteiger partial charge in [0.1, 0.15) is 5.82 Å². The molecule has 4 aromatic rings. The van der Waals surface area contributed by atoms with Crippen molar-refractivity contribution in [3.05, 3.63) is 77.6 Å². The molecule has 0 aliphatic carbocycles. The van der Waals surface area contributed by atoms with Crippen LogP contribution in [-0.2, 0) is 6.54 Å². The summed E-state index contributed by atoms with van der Waals surface area (Å²) in [7, 11) is 0. The number of anilines is 2. The van der Waals surface area contributed by atoms with Gasteiger partial charge in [-0.2, -0.15) is 5.26 Å². The van der Waals surface area contributed by atoms with E-state index < -0.39 is 0 Å². The molecule has 0 saturated heterocycles. The van der Waals surface area contributed by atoms with Gasteiger partial charge in [0, 0.05) is 24.3 Å². The van der Waals surface area contributed by atoms with Crippen molar-refractivity contribution in [1.82, 2.24) is 9.97 Å². The maximum atomic E-state index is 9.04. The van der Waals surface area contributed by atoms with Crippen LogP contribution in [-0.4, -0.2) is 9.97 Å². The molecule has 0 saturated carbocycles. The number of nitrogens with two attached hydrogens (primary N) is 1. The van der Waals surface area contributed by atoms with Gasteiger partial charge in [-0.15, -0.1) is 0 Å². The van der Waals surface area contributed by atoms with Crippen molar-refractivity contribution in [2.24, 2.45) is 0 Å². The summed E-state index contributed by atoms with van der Waals surface area (Å²) in [6.07, 6.45) is 3.77. The lowest BCUT2D eigenvalue weighted by molar-refractivity contribution is 1.12. The van der Waals surface area contributed by atoms with Crippen molar-refractivity contribution in [3.63, 3.8) is 0 Å². The van der Waals surface area contributed by atoms with Crippen molar-refractivity contribution in [2.75, 3.05) is 11.1 Å². The van der Waals surface area contributed by atoms with Crippen LogP contribution >= 0.6 is 0 Å². The van der Waals surface area contributed by atoms with E-state index in [9.17, 15) is 0 Å². The second-order valence-corrected chi connectivity index (χ2v) is 6.51. The highest BCUT2D eigenvalue weighted by molar-refractivity contribution is 5.92. The summed E-state index contributed by atoms with van der Waals surface area (Å²) in [6, 6.07) is 17.8. The minimum Gasteiger partial charge on any atom is -0.397 e. The smallest absolute Gasteiger partial charge is 0.126 e. The molecular weight excluding hydrogens is 334 g/mol. The summed E-state index contributed by atoms with van der Waals surface area (Å²) < 4.78 is 0. The Hall–Kier alpha value is -3.78. The van der Waals surface area contributed by atoms with Crippen LogP contribution < -0.4 is 11.1 Å². The van der Waals surface area contributed by atoms with Crippen LogP contribution in [0.2, 0.25) is 0 Å². The van der Waals surface area contributed by atoms with Gasteiger partial charge in [-0.25, -0.2) is 4.98 Å². The highest BCUT2D eigenvalue weighted by Crippen LogP contribution is 2.27. The van der Waals surface area contributed by atoms with Gasteiger partial charge in [0.15, 0.2) is 0 Å². The molecule has 2 aromatic heterocycles. The van der Waals surface area contributed by atoms with Gasteiger partial charge in [-0.1, -0.05) is 18.2 Å². The number of hydrogen-bond acceptors (Lipinski definition) is 4. The van der Waals surface area contributed by atoms with E-state index in [0.717, 1.165) is 44.7 Å². The maximum Gasteiger partial charge on any atom is 0.126 e. The fraction of sp³-hybridized carbons (Fsp3) is 0.0909. The second-order valence-electron chi connectivity index (χ2n) is 6.51. The average molecular weight is 353 g/mol. The number of aromatic amines is 1. The molecule has 0 amide bonds. The van der Waals surface area contributed by atoms with Crippen molar-refractivity contribution >= 4 is 22.4 Å². The number of nitrogen functional groups attached to an aromatic ring is 1. The van der Waals surface area contributed by atoms with Crippen LogP contribution in [0.1, 0.15) is 16.7 Å². The summed E-state index contributed by atoms with van der Waals surface area (Å²) in [5.74, 6) is 0.800. The number of nitriles is 1. The second kappa shape index (κ2) is 6.85. The summed E-state index contributed by atoms with van der Waals surface area (Å²) in [5, 5.41) is 13.5. The van der Waals surface area contributed by atoms with Crippen molar-refractivity contribution < 1.29 is 0 Å². The largest absolute Gasteiger partial charge is 0.397 e. The Kier molecular flexibility index (Phi) is 4.23. The molecule has 0 aliphatic rings. The van der Waals surface area contributed by atoms with Crippen LogP contribution in [0.15, 0.2) is 60.9 Å². The first-order valence-electron chi connectivity index (χ1n) is 8.71. The Morgan fingerprint density at radius 3 is 2.89 bits per heavy atom. The van der Waals surface area contributed by atoms with E-state index in [4.69, 9.17) is 11.0 Å². The molecule has 0 bridgehead atoms. The minimum absolute atomic E-state index is 0.645. The number of para-hydroxylation sites is 1. The number of H-pyrrole nitrogens is 1. The van der Waals surface area contributed by atoms with E-state index in [-0.39, 0.29) is 0 Å². The number of hydrogen-bond donors (Lipinski definition) is 3. The molecule has 0 fully saturated rings. The lowest BCUT2D eigenvalue weighted by atomic mass is 9.99. The Morgan fingerprint density at radius 1 is 1.19 bits per heavy atom. The highest BCUT2D eigenvalue weighted by Gasteiger charge is 2.08. The molecule has 0 spiro atoms. The molecule has 0 radical (unpaired) electrons. The first-order chi connectivity index (χ1) is 13.2. The van der Waals surface area contributed by atoms with Crippen LogP contribution in [0.4, 0.5) is 11.5 Å². The third kappa shape index (κ3) is 3.21. The number of aryl methyl sites for hydroxylation is 1. The third-order valence-corrected chi connectivity index (χ3v) is 4.72. The Morgan fingerprint density at radius 2 is 2.07 bits per heavy atom. The van der Waals surface area contributed by atoms with E-state index in [1.807, 2.05) is 55.6 Å². The Bertz CT molecular complexity index is 1170. The third-order valence-electron chi connectivity index (χ3n) is 4.72. The van der Waals surface area contributed by atoms with Crippen molar-refractivity contribution in [2.45, 2.75) is 13.5 Å². The predicted octanol–water partition coefficient (Wildman–Crippen LogP) is 4.60. The number of pyridine rings is 1.